The van der Waals surface area contributed by atoms with Crippen LogP contribution >= 0.6 is 0 Å². The third-order valence-corrected chi connectivity index (χ3v) is 7.24. The minimum atomic E-state index is -4.37. The van der Waals surface area contributed by atoms with E-state index >= 15 is 0 Å². The number of carbonyl (C=O) groups is 1. The number of methoxy groups -OCH3 is 1. The van der Waals surface area contributed by atoms with Crippen molar-refractivity contribution in [2.24, 2.45) is 11.8 Å². The molecule has 0 unspecified atom stereocenters. The first-order chi connectivity index (χ1) is 17.3. The molecule has 2 aliphatic rings. The van der Waals surface area contributed by atoms with Gasteiger partial charge in [-0.25, -0.2) is 4.98 Å². The second kappa shape index (κ2) is 12.1. The maximum Gasteiger partial charge on any atom is 0.422 e. The van der Waals surface area contributed by atoms with Crippen molar-refractivity contribution in [3.63, 3.8) is 0 Å². The number of rotatable bonds is 10. The van der Waals surface area contributed by atoms with Crippen molar-refractivity contribution >= 4 is 5.78 Å². The molecule has 0 amide bonds. The Morgan fingerprint density at radius 1 is 1.11 bits per heavy atom. The third kappa shape index (κ3) is 7.94. The Labute approximate surface area is 209 Å². The molecule has 10 heteroatoms. The van der Waals surface area contributed by atoms with Gasteiger partial charge < -0.3 is 18.9 Å². The van der Waals surface area contributed by atoms with Crippen LogP contribution in [-0.4, -0.2) is 60.4 Å². The number of carbonyl (C=O) groups excluding carboxylic acids is 1. The number of ether oxygens (including phenoxy) is 2. The first kappa shape index (κ1) is 26.4. The van der Waals surface area contributed by atoms with Crippen LogP contribution in [0.15, 0.2) is 22.7 Å². The van der Waals surface area contributed by atoms with E-state index in [4.69, 9.17) is 14.0 Å². The average molecular weight is 510 g/mol. The van der Waals surface area contributed by atoms with Crippen molar-refractivity contribution in [2.75, 3.05) is 33.4 Å². The molecule has 1 aliphatic carbocycles. The number of hydrogen-bond acceptors (Lipinski definition) is 7. The van der Waals surface area contributed by atoms with Crippen molar-refractivity contribution in [1.29, 1.82) is 0 Å². The molecule has 2 aromatic rings. The van der Waals surface area contributed by atoms with Gasteiger partial charge in [0.15, 0.2) is 6.61 Å². The highest BCUT2D eigenvalue weighted by Crippen LogP contribution is 2.33. The monoisotopic (exact) mass is 509 g/mol. The fourth-order valence-electron chi connectivity index (χ4n) is 5.22. The molecule has 1 aliphatic heterocycles. The Bertz CT molecular complexity index is 1000. The summed E-state index contributed by atoms with van der Waals surface area (Å²) in [6, 6.07) is 5.04. The second-order valence-electron chi connectivity index (χ2n) is 9.93. The van der Waals surface area contributed by atoms with E-state index in [1.807, 2.05) is 6.07 Å². The quantitative estimate of drug-likeness (QED) is 0.455. The maximum atomic E-state index is 12.4. The number of hydrogen-bond donors (Lipinski definition) is 0. The Morgan fingerprint density at radius 3 is 2.58 bits per heavy atom. The van der Waals surface area contributed by atoms with Gasteiger partial charge in [-0.3, -0.25) is 4.79 Å². The van der Waals surface area contributed by atoms with Gasteiger partial charge in [0, 0.05) is 43.8 Å². The van der Waals surface area contributed by atoms with Crippen LogP contribution in [0.25, 0.3) is 0 Å². The number of halogens is 3. The van der Waals surface area contributed by atoms with Crippen LogP contribution in [-0.2, 0) is 24.1 Å². The first-order valence-electron chi connectivity index (χ1n) is 12.7. The zero-order valence-corrected chi connectivity index (χ0v) is 20.7. The number of ketones is 1. The van der Waals surface area contributed by atoms with Crippen LogP contribution in [0.3, 0.4) is 0 Å². The van der Waals surface area contributed by atoms with Crippen LogP contribution in [0.5, 0.6) is 11.8 Å². The molecule has 1 saturated carbocycles. The molecule has 36 heavy (non-hydrogen) atoms. The topological polar surface area (TPSA) is 77.7 Å². The van der Waals surface area contributed by atoms with Crippen LogP contribution in [0.2, 0.25) is 0 Å². The molecule has 0 saturated heterocycles. The molecule has 2 aromatic heterocycles. The molecule has 3 heterocycles. The Balaban J connectivity index is 1.15. The molecule has 0 N–H and O–H groups in total. The molecule has 0 aromatic carbocycles. The molecule has 0 radical (unpaired) electrons. The lowest BCUT2D eigenvalue weighted by atomic mass is 9.78. The molecule has 0 bridgehead atoms. The lowest BCUT2D eigenvalue weighted by molar-refractivity contribution is -0.154. The van der Waals surface area contributed by atoms with E-state index in [2.05, 4.69) is 15.0 Å². The minimum absolute atomic E-state index is 0.0373. The van der Waals surface area contributed by atoms with E-state index in [1.54, 1.807) is 6.07 Å². The Hall–Kier alpha value is -2.62. The lowest BCUT2D eigenvalue weighted by Gasteiger charge is -2.30. The molecular weight excluding hydrogens is 475 g/mol. The summed E-state index contributed by atoms with van der Waals surface area (Å²) in [6.45, 7) is 1.46. The highest BCUT2D eigenvalue weighted by atomic mass is 19.4. The smallest absolute Gasteiger partial charge is 0.422 e. The third-order valence-electron chi connectivity index (χ3n) is 7.24. The van der Waals surface area contributed by atoms with Gasteiger partial charge in [-0.05, 0) is 54.8 Å². The van der Waals surface area contributed by atoms with Crippen LogP contribution in [0, 0.1) is 11.8 Å². The summed E-state index contributed by atoms with van der Waals surface area (Å²) in [5.41, 5.74) is 1.93. The number of Topliss-reactive ketones (excluding diaryl/α,β-unsaturated/α-hetero) is 1. The van der Waals surface area contributed by atoms with E-state index in [1.165, 1.54) is 13.2 Å². The van der Waals surface area contributed by atoms with Gasteiger partial charge in [-0.2, -0.15) is 13.2 Å². The van der Waals surface area contributed by atoms with Crippen molar-refractivity contribution < 1.29 is 32.0 Å². The van der Waals surface area contributed by atoms with Gasteiger partial charge in [-0.1, -0.05) is 18.9 Å². The van der Waals surface area contributed by atoms with Crippen molar-refractivity contribution in [1.82, 2.24) is 15.0 Å². The Morgan fingerprint density at radius 2 is 1.86 bits per heavy atom. The predicted molar refractivity (Wildman–Crippen MR) is 126 cm³/mol. The minimum Gasteiger partial charge on any atom is -0.479 e. The Kier molecular flexibility index (Phi) is 8.87. The van der Waals surface area contributed by atoms with E-state index in [-0.39, 0.29) is 18.1 Å². The van der Waals surface area contributed by atoms with Gasteiger partial charge >= 0.3 is 6.18 Å². The van der Waals surface area contributed by atoms with Gasteiger partial charge in [0.25, 0.3) is 5.88 Å². The van der Waals surface area contributed by atoms with Gasteiger partial charge in [-0.15, -0.1) is 0 Å². The van der Waals surface area contributed by atoms with Crippen molar-refractivity contribution in [2.45, 2.75) is 64.0 Å². The van der Waals surface area contributed by atoms with Crippen molar-refractivity contribution in [3.05, 3.63) is 35.2 Å². The van der Waals surface area contributed by atoms with E-state index in [0.717, 1.165) is 69.4 Å². The molecule has 198 valence electrons. The predicted octanol–water partition coefficient (Wildman–Crippen LogP) is 4.82. The number of pyridine rings is 1. The normalized spacial score (nSPS) is 21.0. The number of aromatic nitrogens is 2. The lowest BCUT2D eigenvalue weighted by Crippen LogP contribution is -2.29. The zero-order valence-electron chi connectivity index (χ0n) is 20.7. The highest BCUT2D eigenvalue weighted by molar-refractivity contribution is 5.80. The zero-order chi connectivity index (χ0) is 25.5. The summed E-state index contributed by atoms with van der Waals surface area (Å²) >= 11 is 0. The van der Waals surface area contributed by atoms with E-state index in [9.17, 15) is 18.0 Å². The molecule has 7 nitrogen and oxygen atoms in total. The van der Waals surface area contributed by atoms with Crippen LogP contribution in [0.1, 0.15) is 55.5 Å². The number of nitrogens with zero attached hydrogens (tertiary/aromatic N) is 3. The highest BCUT2D eigenvalue weighted by Gasteiger charge is 2.29. The van der Waals surface area contributed by atoms with E-state index < -0.39 is 12.8 Å². The summed E-state index contributed by atoms with van der Waals surface area (Å²) in [5, 5.41) is 3.74. The molecule has 4 rings (SSSR count). The van der Waals surface area contributed by atoms with Gasteiger partial charge in [0.05, 0.1) is 13.5 Å². The number of fused-ring (bicyclic) bond motifs is 1. The molecule has 1 fully saturated rings. The summed E-state index contributed by atoms with van der Waals surface area (Å²) in [5.74, 6) is 2.26. The number of alkyl halides is 3. The van der Waals surface area contributed by atoms with Gasteiger partial charge in [0.1, 0.15) is 11.5 Å². The van der Waals surface area contributed by atoms with Crippen LogP contribution < -0.4 is 9.47 Å². The van der Waals surface area contributed by atoms with Gasteiger partial charge in [0.2, 0.25) is 5.88 Å². The summed E-state index contributed by atoms with van der Waals surface area (Å²) in [6.07, 6.45) is 3.60. The summed E-state index contributed by atoms with van der Waals surface area (Å²) < 4.78 is 52.2. The molecule has 0 spiro atoms. The fraction of sp³-hybridized carbons (Fsp3) is 0.654. The first-order valence-corrected chi connectivity index (χ1v) is 12.7. The molecular formula is C26H34F3N3O4. The molecule has 0 atom stereocenters. The van der Waals surface area contributed by atoms with Crippen molar-refractivity contribution in [3.8, 4) is 11.8 Å². The van der Waals surface area contributed by atoms with Crippen LogP contribution in [0.4, 0.5) is 13.2 Å². The van der Waals surface area contributed by atoms with E-state index in [0.29, 0.717) is 36.3 Å². The summed E-state index contributed by atoms with van der Waals surface area (Å²) in [4.78, 5) is 19.2. The average Bonchev–Trinajstić information content (AvgIpc) is 3.20. The SMILES string of the molecule is COc1cc(CC(=O)CC2CCC(CCN3CCc4ccc(OCC(F)(F)F)nc4CC3)CC2)on1. The summed E-state index contributed by atoms with van der Waals surface area (Å²) in [7, 11) is 1.52. The fourth-order valence-corrected chi connectivity index (χ4v) is 5.22. The maximum absolute atomic E-state index is 12.4. The second-order valence-corrected chi connectivity index (χ2v) is 9.93. The largest absolute Gasteiger partial charge is 0.479 e. The standard InChI is InChI=1S/C26H34F3N3O4/c1-34-25-16-22(36-31-25)15-21(33)14-19-4-2-18(3-5-19)8-11-32-12-9-20-6-7-24(30-23(20)10-13-32)35-17-26(27,28)29/h6-7,16,18-19H,2-5,8-15,17H2,1H3.